The first kappa shape index (κ1) is 21.9. The lowest BCUT2D eigenvalue weighted by molar-refractivity contribution is -0.217. The van der Waals surface area contributed by atoms with Crippen molar-refractivity contribution < 1.29 is 26.8 Å². The second-order valence-corrected chi connectivity index (χ2v) is 12.6. The van der Waals surface area contributed by atoms with Gasteiger partial charge in [0.05, 0.1) is 15.6 Å². The van der Waals surface area contributed by atoms with Gasteiger partial charge in [-0.15, -0.1) is 23.5 Å². The molecular weight excluding hydrogens is 432 g/mol. The molecule has 0 spiro atoms. The van der Waals surface area contributed by atoms with Crippen molar-refractivity contribution in [1.82, 2.24) is 0 Å². The maximum absolute atomic E-state index is 13.0. The van der Waals surface area contributed by atoms with E-state index in [0.29, 0.717) is 4.58 Å². The van der Waals surface area contributed by atoms with E-state index in [9.17, 15) is 8.42 Å². The summed E-state index contributed by atoms with van der Waals surface area (Å²) in [5, 5.41) is 0. The number of fused-ring (bicyclic) bond motifs is 1. The number of hydrogen-bond acceptors (Lipinski definition) is 8. The zero-order chi connectivity index (χ0) is 20.8. The van der Waals surface area contributed by atoms with E-state index in [0.717, 1.165) is 17.1 Å². The topological polar surface area (TPSA) is 71.1 Å². The minimum Gasteiger partial charge on any atom is -0.343 e. The van der Waals surface area contributed by atoms with Gasteiger partial charge in [0.25, 0.3) is 10.1 Å². The van der Waals surface area contributed by atoms with Gasteiger partial charge in [-0.25, -0.2) is 0 Å². The van der Waals surface area contributed by atoms with Gasteiger partial charge in [0.15, 0.2) is 12.1 Å². The lowest BCUT2D eigenvalue weighted by Gasteiger charge is -2.34. The molecular formula is C20H28O6S3. The van der Waals surface area contributed by atoms with Crippen LogP contribution in [0.1, 0.15) is 32.8 Å². The summed E-state index contributed by atoms with van der Waals surface area (Å²) in [6, 6.07) is 6.66. The van der Waals surface area contributed by atoms with Crippen molar-refractivity contribution in [2.75, 3.05) is 11.5 Å². The number of rotatable bonds is 5. The maximum Gasteiger partial charge on any atom is 0.297 e. The van der Waals surface area contributed by atoms with Crippen LogP contribution in [0.4, 0.5) is 0 Å². The molecule has 1 aromatic rings. The first-order valence-electron chi connectivity index (χ1n) is 9.91. The summed E-state index contributed by atoms with van der Waals surface area (Å²) in [4.78, 5) is 0.137. The van der Waals surface area contributed by atoms with Crippen molar-refractivity contribution in [3.8, 4) is 0 Å². The van der Waals surface area contributed by atoms with Crippen LogP contribution in [0, 0.1) is 12.8 Å². The molecule has 6 nitrogen and oxygen atoms in total. The van der Waals surface area contributed by atoms with Gasteiger partial charge in [-0.1, -0.05) is 24.6 Å². The van der Waals surface area contributed by atoms with E-state index in [1.54, 1.807) is 38.1 Å². The molecule has 162 valence electrons. The molecule has 3 fully saturated rings. The number of thioether (sulfide) groups is 2. The zero-order valence-corrected chi connectivity index (χ0v) is 19.5. The highest BCUT2D eigenvalue weighted by atomic mass is 32.2. The fourth-order valence-electron chi connectivity index (χ4n) is 3.91. The number of benzene rings is 1. The van der Waals surface area contributed by atoms with E-state index in [4.69, 9.17) is 18.4 Å². The average Bonchev–Trinajstić information content (AvgIpc) is 3.14. The number of aryl methyl sites for hydroxylation is 1. The molecule has 0 unspecified atom stereocenters. The van der Waals surface area contributed by atoms with E-state index in [2.05, 4.69) is 6.92 Å². The van der Waals surface area contributed by atoms with Crippen molar-refractivity contribution in [2.24, 2.45) is 5.92 Å². The highest BCUT2D eigenvalue weighted by molar-refractivity contribution is 8.17. The Balaban J connectivity index is 1.59. The lowest BCUT2D eigenvalue weighted by Crippen LogP contribution is -2.43. The third-order valence-corrected chi connectivity index (χ3v) is 10.1. The first-order chi connectivity index (χ1) is 13.7. The second-order valence-electron chi connectivity index (χ2n) is 8.22. The third kappa shape index (κ3) is 4.66. The molecule has 5 atom stereocenters. The molecule has 0 aliphatic carbocycles. The van der Waals surface area contributed by atoms with Crippen LogP contribution in [-0.4, -0.2) is 54.9 Å². The highest BCUT2D eigenvalue weighted by Gasteiger charge is 2.58. The number of hydrogen-bond donors (Lipinski definition) is 0. The molecule has 29 heavy (non-hydrogen) atoms. The first-order valence-corrected chi connectivity index (χ1v) is 13.4. The molecule has 0 bridgehead atoms. The summed E-state index contributed by atoms with van der Waals surface area (Å²) in [6.07, 6.45) is -1.21. The van der Waals surface area contributed by atoms with Crippen molar-refractivity contribution in [3.05, 3.63) is 29.8 Å². The molecule has 1 aromatic carbocycles. The van der Waals surface area contributed by atoms with Crippen LogP contribution in [-0.2, 0) is 28.5 Å². The summed E-state index contributed by atoms with van der Waals surface area (Å²) in [7, 11) is -3.96. The predicted octanol–water partition coefficient (Wildman–Crippen LogP) is 3.78. The molecule has 3 aliphatic rings. The molecule has 0 N–H and O–H groups in total. The fraction of sp³-hybridized carbons (Fsp3) is 0.700. The average molecular weight is 461 g/mol. The van der Waals surface area contributed by atoms with Crippen molar-refractivity contribution in [3.63, 3.8) is 0 Å². The van der Waals surface area contributed by atoms with Gasteiger partial charge in [0, 0.05) is 5.92 Å². The van der Waals surface area contributed by atoms with Gasteiger partial charge in [0.2, 0.25) is 0 Å². The largest absolute Gasteiger partial charge is 0.343 e. The molecule has 9 heteroatoms. The van der Waals surface area contributed by atoms with Crippen molar-refractivity contribution in [1.29, 1.82) is 0 Å². The monoisotopic (exact) mass is 460 g/mol. The maximum atomic E-state index is 13.0. The summed E-state index contributed by atoms with van der Waals surface area (Å²) in [5.41, 5.74) is 0.986. The van der Waals surface area contributed by atoms with Crippen LogP contribution < -0.4 is 0 Å². The van der Waals surface area contributed by atoms with Gasteiger partial charge in [-0.2, -0.15) is 8.42 Å². The minimum atomic E-state index is -3.96. The molecule has 3 heterocycles. The summed E-state index contributed by atoms with van der Waals surface area (Å²) in [5.74, 6) is 1.46. The van der Waals surface area contributed by atoms with E-state index in [1.165, 1.54) is 6.42 Å². The van der Waals surface area contributed by atoms with E-state index in [1.807, 2.05) is 30.4 Å². The van der Waals surface area contributed by atoms with Crippen molar-refractivity contribution in [2.45, 2.75) is 74.0 Å². The molecule has 3 saturated heterocycles. The SMILES string of the molecule is Cc1ccc(S(=O)(=O)O[C@@H]2[C@H]3OC(C)(C)O[C@H]3O[C@@H]2[C@H](C)C2SCCCS2)cc1. The van der Waals surface area contributed by atoms with Gasteiger partial charge < -0.3 is 14.2 Å². The smallest absolute Gasteiger partial charge is 0.297 e. The number of ether oxygens (including phenoxy) is 3. The Kier molecular flexibility index (Phi) is 6.30. The Morgan fingerprint density at radius 1 is 1.14 bits per heavy atom. The van der Waals surface area contributed by atoms with Crippen LogP contribution >= 0.6 is 23.5 Å². The zero-order valence-electron chi connectivity index (χ0n) is 17.1. The molecule has 0 saturated carbocycles. The second kappa shape index (κ2) is 8.33. The molecule has 3 aliphatic heterocycles. The minimum absolute atomic E-state index is 0.0874. The molecule has 0 amide bonds. The van der Waals surface area contributed by atoms with Crippen LogP contribution in [0.2, 0.25) is 0 Å². The van der Waals surface area contributed by atoms with Gasteiger partial charge >= 0.3 is 0 Å². The summed E-state index contributed by atoms with van der Waals surface area (Å²) >= 11 is 3.80. The van der Waals surface area contributed by atoms with Crippen LogP contribution in [0.15, 0.2) is 29.2 Å². The molecule has 4 rings (SSSR count). The van der Waals surface area contributed by atoms with Crippen LogP contribution in [0.3, 0.4) is 0 Å². The van der Waals surface area contributed by atoms with Gasteiger partial charge in [-0.05, 0) is 50.8 Å². The molecule has 0 radical (unpaired) electrons. The summed E-state index contributed by atoms with van der Waals surface area (Å²) < 4.78 is 50.2. The standard InChI is InChI=1S/C20H28O6S3/c1-12-6-8-14(9-7-12)29(21,22)26-16-15(13(2)19-27-10-5-11-28-19)23-18-17(16)24-20(3,4)25-18/h6-9,13,15-19H,5,10-11H2,1-4H3/t13-,15+,16-,17+,18+/m0/s1. The Bertz CT molecular complexity index is 819. The normalized spacial score (nSPS) is 33.5. The predicted molar refractivity (Wildman–Crippen MR) is 114 cm³/mol. The Morgan fingerprint density at radius 2 is 1.79 bits per heavy atom. The fourth-order valence-corrected chi connectivity index (χ4v) is 8.15. The molecule has 0 aromatic heterocycles. The van der Waals surface area contributed by atoms with E-state index in [-0.39, 0.29) is 10.8 Å². The highest BCUT2D eigenvalue weighted by Crippen LogP contribution is 2.46. The van der Waals surface area contributed by atoms with Crippen LogP contribution in [0.5, 0.6) is 0 Å². The van der Waals surface area contributed by atoms with Gasteiger partial charge in [-0.3, -0.25) is 4.18 Å². The Labute approximate surface area is 181 Å². The van der Waals surface area contributed by atoms with Crippen molar-refractivity contribution >= 4 is 33.6 Å². The Morgan fingerprint density at radius 3 is 2.45 bits per heavy atom. The Hall–Kier alpha value is -0.290. The summed E-state index contributed by atoms with van der Waals surface area (Å²) in [6.45, 7) is 7.61. The van der Waals surface area contributed by atoms with E-state index >= 15 is 0 Å². The van der Waals surface area contributed by atoms with Gasteiger partial charge in [0.1, 0.15) is 12.2 Å². The lowest BCUT2D eigenvalue weighted by atomic mass is 10.00. The quantitative estimate of drug-likeness (QED) is 0.615. The van der Waals surface area contributed by atoms with Crippen LogP contribution in [0.25, 0.3) is 0 Å². The van der Waals surface area contributed by atoms with E-state index < -0.39 is 40.5 Å². The third-order valence-electron chi connectivity index (χ3n) is 5.37.